The Bertz CT molecular complexity index is 875. The predicted molar refractivity (Wildman–Crippen MR) is 105 cm³/mol. The average Bonchev–Trinajstić information content (AvgIpc) is 3.05. The Kier molecular flexibility index (Phi) is 7.33. The minimum absolute atomic E-state index is 0.0161. The van der Waals surface area contributed by atoms with E-state index in [2.05, 4.69) is 28.7 Å². The molecule has 2 atom stereocenters. The molecular weight excluding hydrogens is 425 g/mol. The predicted octanol–water partition coefficient (Wildman–Crippen LogP) is 1.92. The van der Waals surface area contributed by atoms with Crippen LogP contribution in [0.2, 0.25) is 0 Å². The molecule has 0 aromatic carbocycles. The van der Waals surface area contributed by atoms with E-state index in [4.69, 9.17) is 9.90 Å². The van der Waals surface area contributed by atoms with Crippen LogP contribution in [0.3, 0.4) is 0 Å². The van der Waals surface area contributed by atoms with Crippen molar-refractivity contribution in [1.29, 1.82) is 0 Å². The van der Waals surface area contributed by atoms with Crippen LogP contribution in [0.4, 0.5) is 19.1 Å². The molecule has 8 nitrogen and oxygen atoms in total. The topological polar surface area (TPSA) is 104 Å². The monoisotopic (exact) mass is 452 g/mol. The van der Waals surface area contributed by atoms with Gasteiger partial charge in [0.1, 0.15) is 0 Å². The number of aliphatic carboxylic acids is 1. The van der Waals surface area contributed by atoms with E-state index in [-0.39, 0.29) is 16.9 Å². The van der Waals surface area contributed by atoms with Gasteiger partial charge in [0.15, 0.2) is 9.84 Å². The van der Waals surface area contributed by atoms with Crippen molar-refractivity contribution in [3.05, 3.63) is 17.5 Å². The Labute approximate surface area is 174 Å². The lowest BCUT2D eigenvalue weighted by molar-refractivity contribution is -0.192. The number of hydrogen-bond donors (Lipinski definition) is 1. The third-order valence-corrected chi connectivity index (χ3v) is 7.18. The van der Waals surface area contributed by atoms with Crippen molar-refractivity contribution in [2.24, 2.45) is 5.92 Å². The number of likely N-dealkylation sites (tertiary alicyclic amines) is 1. The molecule has 1 aromatic rings. The second-order valence-corrected chi connectivity index (χ2v) is 10.4. The highest BCUT2D eigenvalue weighted by molar-refractivity contribution is 7.91. The number of aromatic nitrogens is 2. The van der Waals surface area contributed by atoms with Gasteiger partial charge in [0, 0.05) is 44.9 Å². The van der Waals surface area contributed by atoms with Crippen LogP contribution in [0.25, 0.3) is 0 Å². The van der Waals surface area contributed by atoms with Crippen molar-refractivity contribution >= 4 is 21.8 Å². The van der Waals surface area contributed by atoms with Gasteiger partial charge in [-0.2, -0.15) is 13.2 Å². The number of sulfone groups is 1. The molecular formula is C18H27F3N4O4S. The van der Waals surface area contributed by atoms with Gasteiger partial charge in [-0.1, -0.05) is 13.8 Å². The summed E-state index contributed by atoms with van der Waals surface area (Å²) in [6, 6.07) is 0. The zero-order chi connectivity index (χ0) is 22.9. The third-order valence-electron chi connectivity index (χ3n) is 5.06. The number of rotatable bonds is 4. The summed E-state index contributed by atoms with van der Waals surface area (Å²) in [4.78, 5) is 22.0. The fourth-order valence-electron chi connectivity index (χ4n) is 3.48. The van der Waals surface area contributed by atoms with Gasteiger partial charge in [-0.05, 0) is 18.9 Å². The van der Waals surface area contributed by atoms with Crippen LogP contribution in [-0.4, -0.2) is 79.5 Å². The number of halogens is 3. The van der Waals surface area contributed by atoms with Gasteiger partial charge in [-0.3, -0.25) is 0 Å². The first-order valence-electron chi connectivity index (χ1n) is 9.49. The molecule has 1 N–H and O–H groups in total. The molecule has 30 heavy (non-hydrogen) atoms. The van der Waals surface area contributed by atoms with Crippen LogP contribution in [-0.2, 0) is 20.4 Å². The molecule has 1 aromatic heterocycles. The van der Waals surface area contributed by atoms with Crippen molar-refractivity contribution in [1.82, 2.24) is 14.9 Å². The average molecular weight is 452 g/mol. The van der Waals surface area contributed by atoms with E-state index >= 15 is 0 Å². The largest absolute Gasteiger partial charge is 0.490 e. The molecule has 2 aliphatic rings. The molecule has 0 unspecified atom stereocenters. The Hall–Kier alpha value is -1.95. The second-order valence-electron chi connectivity index (χ2n) is 8.17. The summed E-state index contributed by atoms with van der Waals surface area (Å²) in [5, 5.41) is 6.81. The Morgan fingerprint density at radius 2 is 1.93 bits per heavy atom. The molecule has 3 rings (SSSR count). The van der Waals surface area contributed by atoms with Gasteiger partial charge < -0.3 is 14.9 Å². The zero-order valence-electron chi connectivity index (χ0n) is 17.3. The lowest BCUT2D eigenvalue weighted by atomic mass is 10.00. The first kappa shape index (κ1) is 24.3. The van der Waals surface area contributed by atoms with Gasteiger partial charge in [-0.25, -0.2) is 23.2 Å². The fraction of sp³-hybridized carbons (Fsp3) is 0.722. The number of fused-ring (bicyclic) bond motifs is 3. The smallest absolute Gasteiger partial charge is 0.475 e. The molecule has 0 aliphatic carbocycles. The number of hydrogen-bond acceptors (Lipinski definition) is 7. The van der Waals surface area contributed by atoms with Crippen LogP contribution in [0.1, 0.15) is 37.4 Å². The second kappa shape index (κ2) is 9.04. The highest BCUT2D eigenvalue weighted by Gasteiger charge is 2.47. The van der Waals surface area contributed by atoms with E-state index in [1.165, 1.54) is 0 Å². The van der Waals surface area contributed by atoms with Crippen molar-refractivity contribution < 1.29 is 31.5 Å². The van der Waals surface area contributed by atoms with Crippen molar-refractivity contribution in [3.63, 3.8) is 0 Å². The van der Waals surface area contributed by atoms with Crippen LogP contribution in [0.5, 0.6) is 0 Å². The Balaban J connectivity index is 0.000000396. The van der Waals surface area contributed by atoms with Gasteiger partial charge in [0.25, 0.3) is 0 Å². The van der Waals surface area contributed by atoms with E-state index in [1.807, 2.05) is 19.0 Å². The normalized spacial score (nSPS) is 22.7. The lowest BCUT2D eigenvalue weighted by Gasteiger charge is -2.27. The number of alkyl halides is 3. The molecule has 0 saturated carbocycles. The Morgan fingerprint density at radius 3 is 2.43 bits per heavy atom. The number of carboxylic acid groups (broad SMARTS) is 1. The van der Waals surface area contributed by atoms with Gasteiger partial charge in [0.05, 0.1) is 16.7 Å². The molecule has 12 heteroatoms. The molecule has 1 fully saturated rings. The summed E-state index contributed by atoms with van der Waals surface area (Å²) < 4.78 is 57.0. The molecule has 0 amide bonds. The maximum Gasteiger partial charge on any atom is 0.490 e. The minimum atomic E-state index is -5.08. The molecule has 2 aliphatic heterocycles. The van der Waals surface area contributed by atoms with Crippen LogP contribution in [0.15, 0.2) is 6.20 Å². The summed E-state index contributed by atoms with van der Waals surface area (Å²) in [5.74, 6) is -1.41. The van der Waals surface area contributed by atoms with E-state index < -0.39 is 22.0 Å². The molecule has 0 radical (unpaired) electrons. The number of carboxylic acids is 1. The summed E-state index contributed by atoms with van der Waals surface area (Å²) in [7, 11) is 0.697. The van der Waals surface area contributed by atoms with E-state index in [0.717, 1.165) is 30.8 Å². The minimum Gasteiger partial charge on any atom is -0.475 e. The van der Waals surface area contributed by atoms with E-state index in [0.29, 0.717) is 18.4 Å². The summed E-state index contributed by atoms with van der Waals surface area (Å²) in [6.45, 7) is 6.78. The van der Waals surface area contributed by atoms with Gasteiger partial charge >= 0.3 is 12.1 Å². The molecule has 3 heterocycles. The maximum atomic E-state index is 12.6. The Morgan fingerprint density at radius 1 is 1.33 bits per heavy atom. The van der Waals surface area contributed by atoms with Crippen molar-refractivity contribution in [2.75, 3.05) is 38.6 Å². The van der Waals surface area contributed by atoms with E-state index in [9.17, 15) is 21.6 Å². The molecule has 0 spiro atoms. The molecule has 170 valence electrons. The first-order chi connectivity index (χ1) is 13.7. The zero-order valence-corrected chi connectivity index (χ0v) is 18.2. The number of nitrogens with zero attached hydrogens (tertiary/aromatic N) is 4. The maximum absolute atomic E-state index is 12.6. The highest BCUT2D eigenvalue weighted by Crippen LogP contribution is 2.39. The van der Waals surface area contributed by atoms with Crippen LogP contribution in [0, 0.1) is 5.92 Å². The van der Waals surface area contributed by atoms with Crippen molar-refractivity contribution in [2.45, 2.75) is 43.4 Å². The van der Waals surface area contributed by atoms with Crippen molar-refractivity contribution in [3.8, 4) is 0 Å². The fourth-order valence-corrected chi connectivity index (χ4v) is 5.51. The summed E-state index contributed by atoms with van der Waals surface area (Å²) in [5.41, 5.74) is 1.72. The third kappa shape index (κ3) is 5.81. The standard InChI is InChI=1S/C16H26N4O2S.C2HF3O2/c1-11(2)5-6-20-8-13-14(9-20)23(21,22)10-12-7-17-16(19(3)4)18-15(12)13;3-2(4,5)1(6)7/h7,11,13-14H,5-6,8-10H2,1-4H3;(H,6,7)/t13-,14+;/m0./s1. The lowest BCUT2D eigenvalue weighted by Crippen LogP contribution is -2.35. The number of anilines is 1. The SMILES string of the molecule is CC(C)CCN1C[C@@H]2c3nc(N(C)C)ncc3CS(=O)(=O)[C@@H]2C1.O=C(O)C(F)(F)F. The van der Waals surface area contributed by atoms with Crippen LogP contribution < -0.4 is 4.90 Å². The van der Waals surface area contributed by atoms with Gasteiger partial charge in [-0.15, -0.1) is 0 Å². The van der Waals surface area contributed by atoms with E-state index in [1.54, 1.807) is 6.20 Å². The van der Waals surface area contributed by atoms with Gasteiger partial charge in [0.2, 0.25) is 5.95 Å². The summed E-state index contributed by atoms with van der Waals surface area (Å²) in [6.07, 6.45) is -2.29. The molecule has 1 saturated heterocycles. The van der Waals surface area contributed by atoms with Crippen LogP contribution >= 0.6 is 0 Å². The first-order valence-corrected chi connectivity index (χ1v) is 11.2. The molecule has 0 bridgehead atoms. The highest BCUT2D eigenvalue weighted by atomic mass is 32.2. The summed E-state index contributed by atoms with van der Waals surface area (Å²) >= 11 is 0. The quantitative estimate of drug-likeness (QED) is 0.739. The number of carbonyl (C=O) groups is 1.